The molecule has 1 aromatic carbocycles. The number of nitrogens with zero attached hydrogens (tertiary/aromatic N) is 4. The molecule has 0 radical (unpaired) electrons. The third-order valence-electron chi connectivity index (χ3n) is 3.86. The standard InChI is InChI=1S/C15H17ClN4O/c1-4-10-14(16)13(19(3)17-10)9-20-12-8-6-5-7-11(12)18(2)15(20)21/h5-8H,4,9H2,1-3H3. The van der Waals surface area contributed by atoms with Gasteiger partial charge < -0.3 is 0 Å². The summed E-state index contributed by atoms with van der Waals surface area (Å²) in [6.45, 7) is 2.44. The van der Waals surface area contributed by atoms with Crippen LogP contribution in [0, 0.1) is 0 Å². The molecule has 6 heteroatoms. The van der Waals surface area contributed by atoms with Crippen molar-refractivity contribution in [3.05, 3.63) is 51.2 Å². The highest BCUT2D eigenvalue weighted by molar-refractivity contribution is 6.31. The first-order valence-electron chi connectivity index (χ1n) is 6.89. The summed E-state index contributed by atoms with van der Waals surface area (Å²) in [7, 11) is 3.64. The average Bonchev–Trinajstić information content (AvgIpc) is 2.90. The minimum Gasteiger partial charge on any atom is -0.295 e. The average molecular weight is 305 g/mol. The monoisotopic (exact) mass is 304 g/mol. The first kappa shape index (κ1) is 13.9. The lowest BCUT2D eigenvalue weighted by atomic mass is 10.3. The predicted molar refractivity (Wildman–Crippen MR) is 83.9 cm³/mol. The summed E-state index contributed by atoms with van der Waals surface area (Å²) >= 11 is 6.38. The molecule has 21 heavy (non-hydrogen) atoms. The number of hydrogen-bond acceptors (Lipinski definition) is 2. The minimum absolute atomic E-state index is 0.0495. The second kappa shape index (κ2) is 5.07. The molecule has 110 valence electrons. The zero-order valence-corrected chi connectivity index (χ0v) is 13.1. The van der Waals surface area contributed by atoms with Crippen LogP contribution in [-0.4, -0.2) is 18.9 Å². The smallest absolute Gasteiger partial charge is 0.295 e. The van der Waals surface area contributed by atoms with E-state index >= 15 is 0 Å². The summed E-state index contributed by atoms with van der Waals surface area (Å²) in [5, 5.41) is 5.06. The van der Waals surface area contributed by atoms with E-state index in [2.05, 4.69) is 5.10 Å². The molecule has 0 saturated carbocycles. The molecule has 0 aliphatic heterocycles. The summed E-state index contributed by atoms with van der Waals surface area (Å²) in [5.41, 5.74) is 3.48. The zero-order chi connectivity index (χ0) is 15.1. The molecule has 0 aliphatic carbocycles. The molecule has 0 atom stereocenters. The molecule has 0 unspecified atom stereocenters. The maximum atomic E-state index is 12.4. The van der Waals surface area contributed by atoms with Crippen LogP contribution in [-0.2, 0) is 27.1 Å². The number of aryl methyl sites for hydroxylation is 3. The molecule has 0 bridgehead atoms. The molecular formula is C15H17ClN4O. The Bertz CT molecular complexity index is 872. The van der Waals surface area contributed by atoms with Crippen molar-refractivity contribution in [1.82, 2.24) is 18.9 Å². The Morgan fingerprint density at radius 2 is 1.86 bits per heavy atom. The van der Waals surface area contributed by atoms with E-state index in [1.807, 2.05) is 38.2 Å². The lowest BCUT2D eigenvalue weighted by Gasteiger charge is -2.04. The highest BCUT2D eigenvalue weighted by Crippen LogP contribution is 2.22. The fraction of sp³-hybridized carbons (Fsp3) is 0.333. The number of para-hydroxylation sites is 2. The van der Waals surface area contributed by atoms with Crippen LogP contribution < -0.4 is 5.69 Å². The van der Waals surface area contributed by atoms with Crippen LogP contribution in [0.5, 0.6) is 0 Å². The molecule has 2 heterocycles. The van der Waals surface area contributed by atoms with Gasteiger partial charge in [0.2, 0.25) is 0 Å². The highest BCUT2D eigenvalue weighted by atomic mass is 35.5. The van der Waals surface area contributed by atoms with E-state index in [0.29, 0.717) is 11.6 Å². The zero-order valence-electron chi connectivity index (χ0n) is 12.3. The number of fused-ring (bicyclic) bond motifs is 1. The lowest BCUT2D eigenvalue weighted by Crippen LogP contribution is -2.23. The van der Waals surface area contributed by atoms with Crippen molar-refractivity contribution in [3.8, 4) is 0 Å². The van der Waals surface area contributed by atoms with E-state index in [-0.39, 0.29) is 5.69 Å². The van der Waals surface area contributed by atoms with Crippen LogP contribution in [0.2, 0.25) is 5.02 Å². The summed E-state index contributed by atoms with van der Waals surface area (Å²) in [6.07, 6.45) is 0.775. The molecular weight excluding hydrogens is 288 g/mol. The minimum atomic E-state index is -0.0495. The lowest BCUT2D eigenvalue weighted by molar-refractivity contribution is 0.648. The van der Waals surface area contributed by atoms with Gasteiger partial charge >= 0.3 is 5.69 Å². The van der Waals surface area contributed by atoms with Gasteiger partial charge in [0, 0.05) is 14.1 Å². The van der Waals surface area contributed by atoms with Crippen molar-refractivity contribution in [2.75, 3.05) is 0 Å². The Labute approximate surface area is 127 Å². The van der Waals surface area contributed by atoms with E-state index in [1.54, 1.807) is 20.9 Å². The van der Waals surface area contributed by atoms with Gasteiger partial charge in [0.05, 0.1) is 34.0 Å². The molecule has 0 amide bonds. The maximum absolute atomic E-state index is 12.4. The van der Waals surface area contributed by atoms with Crippen LogP contribution in [0.25, 0.3) is 11.0 Å². The van der Waals surface area contributed by atoms with Gasteiger partial charge in [0.25, 0.3) is 0 Å². The van der Waals surface area contributed by atoms with Crippen molar-refractivity contribution in [2.45, 2.75) is 19.9 Å². The molecule has 0 aliphatic rings. The SMILES string of the molecule is CCc1nn(C)c(Cn2c(=O)n(C)c3ccccc32)c1Cl. The van der Waals surface area contributed by atoms with Crippen molar-refractivity contribution >= 4 is 22.6 Å². The number of imidazole rings is 1. The van der Waals surface area contributed by atoms with E-state index in [1.165, 1.54) is 0 Å². The third-order valence-corrected chi connectivity index (χ3v) is 4.30. The maximum Gasteiger partial charge on any atom is 0.329 e. The van der Waals surface area contributed by atoms with Crippen LogP contribution in [0.3, 0.4) is 0 Å². The Morgan fingerprint density at radius 1 is 1.19 bits per heavy atom. The highest BCUT2D eigenvalue weighted by Gasteiger charge is 2.17. The van der Waals surface area contributed by atoms with E-state index in [0.717, 1.165) is 28.8 Å². The Balaban J connectivity index is 2.17. The Morgan fingerprint density at radius 3 is 2.48 bits per heavy atom. The molecule has 2 aromatic heterocycles. The summed E-state index contributed by atoms with van der Waals surface area (Å²) in [6, 6.07) is 7.75. The summed E-state index contributed by atoms with van der Waals surface area (Å²) in [4.78, 5) is 12.4. The second-order valence-electron chi connectivity index (χ2n) is 5.10. The fourth-order valence-corrected chi connectivity index (χ4v) is 3.01. The van der Waals surface area contributed by atoms with Crippen molar-refractivity contribution < 1.29 is 0 Å². The number of aromatic nitrogens is 4. The van der Waals surface area contributed by atoms with Crippen LogP contribution >= 0.6 is 11.6 Å². The van der Waals surface area contributed by atoms with Gasteiger partial charge in [0.1, 0.15) is 0 Å². The molecule has 5 nitrogen and oxygen atoms in total. The quantitative estimate of drug-likeness (QED) is 0.745. The molecule has 0 spiro atoms. The number of rotatable bonds is 3. The predicted octanol–water partition coefficient (Wildman–Crippen LogP) is 2.34. The van der Waals surface area contributed by atoms with Crippen LogP contribution in [0.15, 0.2) is 29.1 Å². The fourth-order valence-electron chi connectivity index (χ4n) is 2.66. The molecule has 3 rings (SSSR count). The Hall–Kier alpha value is -2.01. The topological polar surface area (TPSA) is 44.8 Å². The largest absolute Gasteiger partial charge is 0.329 e. The number of hydrogen-bond donors (Lipinski definition) is 0. The number of benzene rings is 1. The number of halogens is 1. The molecule has 0 fully saturated rings. The van der Waals surface area contributed by atoms with Gasteiger partial charge in [-0.2, -0.15) is 5.10 Å². The van der Waals surface area contributed by atoms with Crippen molar-refractivity contribution in [3.63, 3.8) is 0 Å². The van der Waals surface area contributed by atoms with Crippen LogP contribution in [0.1, 0.15) is 18.3 Å². The summed E-state index contributed by atoms with van der Waals surface area (Å²) in [5.74, 6) is 0. The van der Waals surface area contributed by atoms with Gasteiger partial charge in [-0.3, -0.25) is 13.8 Å². The molecule has 0 N–H and O–H groups in total. The third kappa shape index (κ3) is 2.08. The van der Waals surface area contributed by atoms with Gasteiger partial charge in [-0.1, -0.05) is 30.7 Å². The van der Waals surface area contributed by atoms with Gasteiger partial charge in [-0.15, -0.1) is 0 Å². The molecule has 0 saturated heterocycles. The normalized spacial score (nSPS) is 11.4. The van der Waals surface area contributed by atoms with Gasteiger partial charge in [0.15, 0.2) is 0 Å². The van der Waals surface area contributed by atoms with Crippen LogP contribution in [0.4, 0.5) is 0 Å². The van der Waals surface area contributed by atoms with E-state index < -0.39 is 0 Å². The van der Waals surface area contributed by atoms with Crippen molar-refractivity contribution in [1.29, 1.82) is 0 Å². The van der Waals surface area contributed by atoms with E-state index in [9.17, 15) is 4.79 Å². The summed E-state index contributed by atoms with van der Waals surface area (Å²) < 4.78 is 5.15. The molecule has 3 aromatic rings. The van der Waals surface area contributed by atoms with Gasteiger partial charge in [-0.05, 0) is 18.6 Å². The second-order valence-corrected chi connectivity index (χ2v) is 5.48. The Kier molecular flexibility index (Phi) is 3.37. The first-order valence-corrected chi connectivity index (χ1v) is 7.26. The van der Waals surface area contributed by atoms with Gasteiger partial charge in [-0.25, -0.2) is 4.79 Å². The first-order chi connectivity index (χ1) is 10.0. The van der Waals surface area contributed by atoms with Crippen molar-refractivity contribution in [2.24, 2.45) is 14.1 Å². The van der Waals surface area contributed by atoms with E-state index in [4.69, 9.17) is 11.6 Å².